The van der Waals surface area contributed by atoms with E-state index in [1.54, 1.807) is 18.4 Å². The monoisotopic (exact) mass is 324 g/mol. The number of ether oxygens (including phenoxy) is 3. The second kappa shape index (κ2) is 5.77. The minimum atomic E-state index is -1.40. The van der Waals surface area contributed by atoms with Crippen LogP contribution >= 0.6 is 34.8 Å². The van der Waals surface area contributed by atoms with Gasteiger partial charge in [0.2, 0.25) is 5.79 Å². The molecule has 1 aromatic rings. The standard InChI is InChI=1S/C12H11Cl3O4/c1-16-12(17-2)10(14)8(13)9(11(12)15)19-6-7-4-3-5-18-7/h3-5H,6H2,1-2H3. The number of furan rings is 1. The maximum atomic E-state index is 6.19. The Morgan fingerprint density at radius 1 is 1.16 bits per heavy atom. The number of halogens is 3. The van der Waals surface area contributed by atoms with Crippen molar-refractivity contribution in [2.45, 2.75) is 12.4 Å². The van der Waals surface area contributed by atoms with E-state index in [9.17, 15) is 0 Å². The molecule has 0 saturated carbocycles. The number of allylic oxidation sites excluding steroid dienone is 1. The van der Waals surface area contributed by atoms with Crippen molar-refractivity contribution < 1.29 is 18.6 Å². The molecule has 0 saturated heterocycles. The SMILES string of the molecule is COC1(OC)C(Cl)=C(Cl)C(OCc2ccco2)=C1Cl. The van der Waals surface area contributed by atoms with Gasteiger partial charge in [-0.2, -0.15) is 0 Å². The lowest BCUT2D eigenvalue weighted by atomic mass is 10.3. The molecule has 0 fully saturated rings. The zero-order valence-electron chi connectivity index (χ0n) is 10.2. The molecule has 4 nitrogen and oxygen atoms in total. The zero-order valence-corrected chi connectivity index (χ0v) is 12.5. The van der Waals surface area contributed by atoms with Gasteiger partial charge in [0.25, 0.3) is 0 Å². The minimum Gasteiger partial charge on any atom is -0.483 e. The van der Waals surface area contributed by atoms with Crippen LogP contribution in [0, 0.1) is 0 Å². The van der Waals surface area contributed by atoms with Crippen LogP contribution in [0.15, 0.2) is 43.7 Å². The van der Waals surface area contributed by atoms with E-state index in [0.717, 1.165) is 0 Å². The Labute approximate surface area is 125 Å². The van der Waals surface area contributed by atoms with Gasteiger partial charge in [-0.15, -0.1) is 0 Å². The molecule has 2 rings (SSSR count). The molecule has 19 heavy (non-hydrogen) atoms. The smallest absolute Gasteiger partial charge is 0.249 e. The zero-order chi connectivity index (χ0) is 14.0. The van der Waals surface area contributed by atoms with Gasteiger partial charge in [0.1, 0.15) is 27.5 Å². The van der Waals surface area contributed by atoms with E-state index in [-0.39, 0.29) is 27.5 Å². The van der Waals surface area contributed by atoms with E-state index in [1.807, 2.05) is 0 Å². The third kappa shape index (κ3) is 2.39. The number of hydrogen-bond donors (Lipinski definition) is 0. The molecule has 1 aromatic heterocycles. The largest absolute Gasteiger partial charge is 0.483 e. The van der Waals surface area contributed by atoms with Crippen molar-refractivity contribution in [3.8, 4) is 0 Å². The highest BCUT2D eigenvalue weighted by Crippen LogP contribution is 2.49. The Morgan fingerprint density at radius 3 is 2.32 bits per heavy atom. The fraction of sp³-hybridized carbons (Fsp3) is 0.333. The third-order valence-corrected chi connectivity index (χ3v) is 4.00. The summed E-state index contributed by atoms with van der Waals surface area (Å²) in [6.07, 6.45) is 1.54. The molecule has 104 valence electrons. The van der Waals surface area contributed by atoms with Crippen molar-refractivity contribution in [1.82, 2.24) is 0 Å². The highest BCUT2D eigenvalue weighted by Gasteiger charge is 2.48. The lowest BCUT2D eigenvalue weighted by molar-refractivity contribution is -0.139. The van der Waals surface area contributed by atoms with Crippen LogP contribution < -0.4 is 0 Å². The van der Waals surface area contributed by atoms with E-state index in [0.29, 0.717) is 5.76 Å². The van der Waals surface area contributed by atoms with Crippen LogP contribution in [-0.4, -0.2) is 20.0 Å². The molecule has 0 unspecified atom stereocenters. The summed E-state index contributed by atoms with van der Waals surface area (Å²) in [7, 11) is 2.82. The van der Waals surface area contributed by atoms with Crippen molar-refractivity contribution in [1.29, 1.82) is 0 Å². The lowest BCUT2D eigenvalue weighted by Crippen LogP contribution is -2.33. The molecule has 1 aliphatic carbocycles. The van der Waals surface area contributed by atoms with Crippen LogP contribution in [0.1, 0.15) is 5.76 Å². The summed E-state index contributed by atoms with van der Waals surface area (Å²) in [5, 5.41) is 0.416. The fourth-order valence-corrected chi connectivity index (χ4v) is 2.80. The molecule has 0 aromatic carbocycles. The van der Waals surface area contributed by atoms with Gasteiger partial charge in [-0.3, -0.25) is 0 Å². The van der Waals surface area contributed by atoms with E-state index in [4.69, 9.17) is 53.4 Å². The van der Waals surface area contributed by atoms with Crippen molar-refractivity contribution >= 4 is 34.8 Å². The summed E-state index contributed by atoms with van der Waals surface area (Å²) < 4.78 is 21.1. The first kappa shape index (κ1) is 14.8. The Bertz CT molecular complexity index is 515. The fourth-order valence-electron chi connectivity index (χ4n) is 1.69. The first-order valence-corrected chi connectivity index (χ1v) is 6.42. The van der Waals surface area contributed by atoms with Gasteiger partial charge in [0.15, 0.2) is 5.76 Å². The van der Waals surface area contributed by atoms with Gasteiger partial charge in [-0.25, -0.2) is 0 Å². The van der Waals surface area contributed by atoms with Crippen molar-refractivity contribution in [3.05, 3.63) is 45.0 Å². The summed E-state index contributed by atoms with van der Waals surface area (Å²) in [6.45, 7) is 0.169. The quantitative estimate of drug-likeness (QED) is 0.769. The summed E-state index contributed by atoms with van der Waals surface area (Å²) in [6, 6.07) is 3.52. The second-order valence-corrected chi connectivity index (χ2v) is 4.80. The highest BCUT2D eigenvalue weighted by molar-refractivity contribution is 6.45. The van der Waals surface area contributed by atoms with Crippen LogP contribution in [0.25, 0.3) is 0 Å². The van der Waals surface area contributed by atoms with Gasteiger partial charge in [-0.1, -0.05) is 34.8 Å². The first-order valence-electron chi connectivity index (χ1n) is 5.28. The second-order valence-electron chi connectivity index (χ2n) is 3.66. The maximum Gasteiger partial charge on any atom is 0.249 e. The van der Waals surface area contributed by atoms with Gasteiger partial charge < -0.3 is 18.6 Å². The predicted octanol–water partition coefficient (Wildman–Crippen LogP) is 3.94. The normalized spacial score (nSPS) is 18.4. The van der Waals surface area contributed by atoms with Crippen molar-refractivity contribution in [3.63, 3.8) is 0 Å². The Kier molecular flexibility index (Phi) is 4.48. The summed E-state index contributed by atoms with van der Waals surface area (Å²) in [4.78, 5) is 0. The molecular formula is C12H11Cl3O4. The summed E-state index contributed by atoms with van der Waals surface area (Å²) in [5.41, 5.74) is 0. The molecule has 7 heteroatoms. The molecule has 1 aliphatic rings. The van der Waals surface area contributed by atoms with Crippen LogP contribution in [-0.2, 0) is 20.8 Å². The molecule has 0 N–H and O–H groups in total. The Balaban J connectivity index is 2.26. The van der Waals surface area contributed by atoms with Gasteiger partial charge >= 0.3 is 0 Å². The molecule has 0 bridgehead atoms. The van der Waals surface area contributed by atoms with Crippen LogP contribution in [0.3, 0.4) is 0 Å². The molecule has 0 spiro atoms. The van der Waals surface area contributed by atoms with E-state index >= 15 is 0 Å². The van der Waals surface area contributed by atoms with E-state index < -0.39 is 5.79 Å². The van der Waals surface area contributed by atoms with Crippen LogP contribution in [0.4, 0.5) is 0 Å². The molecule has 1 heterocycles. The van der Waals surface area contributed by atoms with Gasteiger partial charge in [0, 0.05) is 14.2 Å². The molecular weight excluding hydrogens is 314 g/mol. The highest BCUT2D eigenvalue weighted by atomic mass is 35.5. The molecule has 0 amide bonds. The van der Waals surface area contributed by atoms with E-state index in [1.165, 1.54) is 14.2 Å². The Morgan fingerprint density at radius 2 is 1.84 bits per heavy atom. The lowest BCUT2D eigenvalue weighted by Gasteiger charge is -2.26. The summed E-state index contributed by atoms with van der Waals surface area (Å²) in [5.74, 6) is -0.558. The summed E-state index contributed by atoms with van der Waals surface area (Å²) >= 11 is 18.4. The number of rotatable bonds is 5. The third-order valence-electron chi connectivity index (χ3n) is 2.68. The van der Waals surface area contributed by atoms with Crippen molar-refractivity contribution in [2.75, 3.05) is 14.2 Å². The molecule has 0 aliphatic heterocycles. The van der Waals surface area contributed by atoms with Crippen LogP contribution in [0.5, 0.6) is 0 Å². The number of methoxy groups -OCH3 is 2. The maximum absolute atomic E-state index is 6.19. The van der Waals surface area contributed by atoms with Crippen molar-refractivity contribution in [2.24, 2.45) is 0 Å². The Hall–Kier alpha value is -0.650. The average molecular weight is 326 g/mol. The van der Waals surface area contributed by atoms with Gasteiger partial charge in [0.05, 0.1) is 6.26 Å². The molecule has 0 atom stereocenters. The predicted molar refractivity (Wildman–Crippen MR) is 71.9 cm³/mol. The molecule has 0 radical (unpaired) electrons. The number of hydrogen-bond acceptors (Lipinski definition) is 4. The average Bonchev–Trinajstić information content (AvgIpc) is 2.98. The van der Waals surface area contributed by atoms with E-state index in [2.05, 4.69) is 0 Å². The van der Waals surface area contributed by atoms with Crippen LogP contribution in [0.2, 0.25) is 0 Å². The first-order chi connectivity index (χ1) is 9.06. The van der Waals surface area contributed by atoms with Gasteiger partial charge in [-0.05, 0) is 12.1 Å². The topological polar surface area (TPSA) is 40.8 Å². The minimum absolute atomic E-state index is 0.124.